The van der Waals surface area contributed by atoms with Gasteiger partial charge in [0.1, 0.15) is 0 Å². The lowest BCUT2D eigenvalue weighted by molar-refractivity contribution is 0.391. The van der Waals surface area contributed by atoms with Crippen LogP contribution >= 0.6 is 0 Å². The van der Waals surface area contributed by atoms with Crippen molar-refractivity contribution in [2.75, 3.05) is 6.54 Å². The van der Waals surface area contributed by atoms with Gasteiger partial charge >= 0.3 is 0 Å². The van der Waals surface area contributed by atoms with Gasteiger partial charge in [0, 0.05) is 6.04 Å². The molecule has 1 fully saturated rings. The molecule has 94 valence electrons. The molecule has 0 aliphatic heterocycles. The Labute approximate surface area is 102 Å². The lowest BCUT2D eigenvalue weighted by Crippen LogP contribution is -2.30. The molecule has 1 rings (SSSR count). The van der Waals surface area contributed by atoms with Gasteiger partial charge in [-0.25, -0.2) is 0 Å². The van der Waals surface area contributed by atoms with E-state index in [0.29, 0.717) is 0 Å². The fourth-order valence-electron chi connectivity index (χ4n) is 2.75. The van der Waals surface area contributed by atoms with E-state index in [1.807, 2.05) is 0 Å². The van der Waals surface area contributed by atoms with E-state index in [4.69, 9.17) is 0 Å². The average molecular weight is 223 g/mol. The highest BCUT2D eigenvalue weighted by molar-refractivity contribution is 4.76. The smallest absolute Gasteiger partial charge is 0.00701 e. The molecule has 0 bridgehead atoms. The fraction of sp³-hybridized carbons (Fsp3) is 0.867. The van der Waals surface area contributed by atoms with Crippen molar-refractivity contribution in [3.05, 3.63) is 12.7 Å². The molecular weight excluding hydrogens is 194 g/mol. The zero-order chi connectivity index (χ0) is 11.6. The second kappa shape index (κ2) is 8.81. The molecule has 1 aliphatic carbocycles. The first-order valence-corrected chi connectivity index (χ1v) is 7.21. The summed E-state index contributed by atoms with van der Waals surface area (Å²) in [7, 11) is 0. The summed E-state index contributed by atoms with van der Waals surface area (Å²) in [6.07, 6.45) is 14.5. The van der Waals surface area contributed by atoms with Crippen molar-refractivity contribution in [1.82, 2.24) is 5.32 Å². The summed E-state index contributed by atoms with van der Waals surface area (Å²) in [6.45, 7) is 7.24. The maximum atomic E-state index is 3.82. The van der Waals surface area contributed by atoms with E-state index in [9.17, 15) is 0 Å². The van der Waals surface area contributed by atoms with Crippen LogP contribution in [0.3, 0.4) is 0 Å². The standard InChI is InChI=1S/C15H29N/c1-3-5-10-15(16-13-4-2)12-11-14-8-6-7-9-14/h3,14-16H,1,4-13H2,2H3. The third-order valence-corrected chi connectivity index (χ3v) is 3.80. The summed E-state index contributed by atoms with van der Waals surface area (Å²) in [5.41, 5.74) is 0. The van der Waals surface area contributed by atoms with Gasteiger partial charge in [-0.2, -0.15) is 0 Å². The molecule has 1 nitrogen and oxygen atoms in total. The molecule has 0 radical (unpaired) electrons. The highest BCUT2D eigenvalue weighted by Gasteiger charge is 2.16. The van der Waals surface area contributed by atoms with Crippen LogP contribution in [-0.2, 0) is 0 Å². The molecule has 0 spiro atoms. The lowest BCUT2D eigenvalue weighted by Gasteiger charge is -2.19. The molecule has 1 aliphatic rings. The number of nitrogens with one attached hydrogen (secondary N) is 1. The fourth-order valence-corrected chi connectivity index (χ4v) is 2.75. The molecule has 0 saturated heterocycles. The molecule has 1 unspecified atom stereocenters. The maximum absolute atomic E-state index is 3.82. The van der Waals surface area contributed by atoms with Crippen molar-refractivity contribution < 1.29 is 0 Å². The monoisotopic (exact) mass is 223 g/mol. The Kier molecular flexibility index (Phi) is 7.58. The van der Waals surface area contributed by atoms with Gasteiger partial charge in [0.25, 0.3) is 0 Å². The van der Waals surface area contributed by atoms with Crippen molar-refractivity contribution in [3.63, 3.8) is 0 Å². The van der Waals surface area contributed by atoms with Crippen LogP contribution in [-0.4, -0.2) is 12.6 Å². The largest absolute Gasteiger partial charge is 0.314 e. The van der Waals surface area contributed by atoms with Crippen LogP contribution in [0.5, 0.6) is 0 Å². The van der Waals surface area contributed by atoms with Crippen molar-refractivity contribution in [1.29, 1.82) is 0 Å². The lowest BCUT2D eigenvalue weighted by atomic mass is 9.96. The van der Waals surface area contributed by atoms with Gasteiger partial charge in [0.2, 0.25) is 0 Å². The molecule has 1 N–H and O–H groups in total. The zero-order valence-electron chi connectivity index (χ0n) is 11.0. The topological polar surface area (TPSA) is 12.0 Å². The summed E-state index contributed by atoms with van der Waals surface area (Å²) in [6, 6.07) is 0.735. The van der Waals surface area contributed by atoms with Crippen LogP contribution in [0.15, 0.2) is 12.7 Å². The highest BCUT2D eigenvalue weighted by Crippen LogP contribution is 2.29. The van der Waals surface area contributed by atoms with E-state index in [0.717, 1.165) is 18.4 Å². The van der Waals surface area contributed by atoms with E-state index in [1.165, 1.54) is 57.9 Å². The van der Waals surface area contributed by atoms with Gasteiger partial charge in [0.05, 0.1) is 0 Å². The van der Waals surface area contributed by atoms with Crippen LogP contribution in [0.2, 0.25) is 0 Å². The molecule has 0 aromatic carbocycles. The molecular formula is C15H29N. The van der Waals surface area contributed by atoms with Crippen LogP contribution < -0.4 is 5.32 Å². The van der Waals surface area contributed by atoms with E-state index < -0.39 is 0 Å². The minimum Gasteiger partial charge on any atom is -0.314 e. The Balaban J connectivity index is 2.15. The first kappa shape index (κ1) is 13.8. The van der Waals surface area contributed by atoms with Gasteiger partial charge in [0.15, 0.2) is 0 Å². The molecule has 0 amide bonds. The van der Waals surface area contributed by atoms with Gasteiger partial charge in [-0.1, -0.05) is 38.7 Å². The molecule has 1 heteroatoms. The SMILES string of the molecule is C=CCCC(CCC1CCCC1)NCCC. The first-order chi connectivity index (χ1) is 7.86. The molecule has 1 atom stereocenters. The van der Waals surface area contributed by atoms with Crippen molar-refractivity contribution in [3.8, 4) is 0 Å². The third kappa shape index (κ3) is 5.69. The summed E-state index contributed by atoms with van der Waals surface area (Å²) in [5.74, 6) is 1.04. The quantitative estimate of drug-likeness (QED) is 0.575. The van der Waals surface area contributed by atoms with Gasteiger partial charge in [-0.3, -0.25) is 0 Å². The van der Waals surface area contributed by atoms with E-state index in [1.54, 1.807) is 0 Å². The van der Waals surface area contributed by atoms with Crippen LogP contribution in [0.25, 0.3) is 0 Å². The Hall–Kier alpha value is -0.300. The normalized spacial score (nSPS) is 18.8. The summed E-state index contributed by atoms with van der Waals surface area (Å²) >= 11 is 0. The molecule has 0 aromatic rings. The summed E-state index contributed by atoms with van der Waals surface area (Å²) in [5, 5.41) is 3.68. The highest BCUT2D eigenvalue weighted by atomic mass is 14.9. The van der Waals surface area contributed by atoms with Crippen molar-refractivity contribution >= 4 is 0 Å². The van der Waals surface area contributed by atoms with Crippen LogP contribution in [0, 0.1) is 5.92 Å². The minimum atomic E-state index is 0.735. The molecule has 0 aromatic heterocycles. The second-order valence-corrected chi connectivity index (χ2v) is 5.24. The van der Waals surface area contributed by atoms with Crippen molar-refractivity contribution in [2.24, 2.45) is 5.92 Å². The van der Waals surface area contributed by atoms with E-state index in [-0.39, 0.29) is 0 Å². The first-order valence-electron chi connectivity index (χ1n) is 7.21. The zero-order valence-corrected chi connectivity index (χ0v) is 11.0. The summed E-state index contributed by atoms with van der Waals surface area (Å²) in [4.78, 5) is 0. The Bertz CT molecular complexity index is 170. The summed E-state index contributed by atoms with van der Waals surface area (Å²) < 4.78 is 0. The van der Waals surface area contributed by atoms with E-state index >= 15 is 0 Å². The van der Waals surface area contributed by atoms with Crippen molar-refractivity contribution in [2.45, 2.75) is 70.8 Å². The number of rotatable bonds is 9. The Morgan fingerprint density at radius 3 is 2.69 bits per heavy atom. The number of hydrogen-bond donors (Lipinski definition) is 1. The predicted octanol–water partition coefficient (Wildman–Crippen LogP) is 4.29. The molecule has 16 heavy (non-hydrogen) atoms. The van der Waals surface area contributed by atoms with Gasteiger partial charge in [-0.15, -0.1) is 6.58 Å². The average Bonchev–Trinajstić information content (AvgIpc) is 2.81. The van der Waals surface area contributed by atoms with Crippen LogP contribution in [0.4, 0.5) is 0 Å². The van der Waals surface area contributed by atoms with Crippen LogP contribution in [0.1, 0.15) is 64.7 Å². The molecule has 0 heterocycles. The maximum Gasteiger partial charge on any atom is 0.00701 e. The number of hydrogen-bond acceptors (Lipinski definition) is 1. The predicted molar refractivity (Wildman–Crippen MR) is 72.7 cm³/mol. The van der Waals surface area contributed by atoms with E-state index in [2.05, 4.69) is 24.9 Å². The number of allylic oxidation sites excluding steroid dienone is 1. The Morgan fingerprint density at radius 1 is 1.31 bits per heavy atom. The minimum absolute atomic E-state index is 0.735. The Morgan fingerprint density at radius 2 is 2.06 bits per heavy atom. The third-order valence-electron chi connectivity index (χ3n) is 3.80. The molecule has 1 saturated carbocycles. The van der Waals surface area contributed by atoms with Gasteiger partial charge < -0.3 is 5.32 Å². The second-order valence-electron chi connectivity index (χ2n) is 5.24. The van der Waals surface area contributed by atoms with Gasteiger partial charge in [-0.05, 0) is 44.6 Å².